The number of rotatable bonds is 3. The molecule has 2 heterocycles. The van der Waals surface area contributed by atoms with Crippen molar-refractivity contribution >= 4 is 16.6 Å². The summed E-state index contributed by atoms with van der Waals surface area (Å²) < 4.78 is 10.7. The van der Waals surface area contributed by atoms with E-state index in [0.717, 1.165) is 34.5 Å². The third-order valence-corrected chi connectivity index (χ3v) is 3.15. The summed E-state index contributed by atoms with van der Waals surface area (Å²) in [7, 11) is 0. The Balaban J connectivity index is 2.09. The highest BCUT2D eigenvalue weighted by atomic mass is 16.7. The lowest BCUT2D eigenvalue weighted by atomic mass is 10.1. The van der Waals surface area contributed by atoms with Crippen LogP contribution in [0.4, 0.5) is 5.69 Å². The summed E-state index contributed by atoms with van der Waals surface area (Å²) in [5, 5.41) is 12.6. The van der Waals surface area contributed by atoms with Gasteiger partial charge in [-0.05, 0) is 19.4 Å². The van der Waals surface area contributed by atoms with Gasteiger partial charge < -0.3 is 14.8 Å². The van der Waals surface area contributed by atoms with Gasteiger partial charge in [-0.15, -0.1) is 0 Å². The minimum atomic E-state index is 0.271. The maximum atomic E-state index is 5.39. The van der Waals surface area contributed by atoms with Crippen LogP contribution in [0.25, 0.3) is 10.9 Å². The van der Waals surface area contributed by atoms with Gasteiger partial charge in [0.05, 0.1) is 17.4 Å². The summed E-state index contributed by atoms with van der Waals surface area (Å²) >= 11 is 0. The van der Waals surface area contributed by atoms with Gasteiger partial charge in [0.1, 0.15) is 0 Å². The van der Waals surface area contributed by atoms with Crippen molar-refractivity contribution in [1.29, 1.82) is 0 Å². The molecule has 1 atom stereocenters. The van der Waals surface area contributed by atoms with Gasteiger partial charge in [0.2, 0.25) is 6.79 Å². The first kappa shape index (κ1) is 11.1. The highest BCUT2D eigenvalue weighted by Crippen LogP contribution is 2.37. The molecule has 1 aromatic heterocycles. The summed E-state index contributed by atoms with van der Waals surface area (Å²) in [5.74, 6) is 1.50. The van der Waals surface area contributed by atoms with Crippen molar-refractivity contribution in [2.45, 2.75) is 26.3 Å². The van der Waals surface area contributed by atoms with Gasteiger partial charge in [0.15, 0.2) is 11.5 Å². The molecule has 5 nitrogen and oxygen atoms in total. The number of nitrogens with one attached hydrogen (secondary N) is 1. The zero-order chi connectivity index (χ0) is 12.5. The number of hydrogen-bond donors (Lipinski definition) is 1. The van der Waals surface area contributed by atoms with Crippen LogP contribution in [0.3, 0.4) is 0 Å². The second-order valence-corrected chi connectivity index (χ2v) is 4.43. The SMILES string of the molecule is CCC(C)Nc1cnnc2cc3c(cc12)OCO3. The van der Waals surface area contributed by atoms with E-state index in [-0.39, 0.29) is 6.79 Å². The van der Waals surface area contributed by atoms with Gasteiger partial charge in [-0.1, -0.05) is 6.92 Å². The Morgan fingerprint density at radius 2 is 2.11 bits per heavy atom. The number of nitrogens with zero attached hydrogens (tertiary/aromatic N) is 2. The van der Waals surface area contributed by atoms with Gasteiger partial charge in [-0.25, -0.2) is 0 Å². The molecule has 2 aromatic rings. The van der Waals surface area contributed by atoms with Gasteiger partial charge in [0.25, 0.3) is 0 Å². The van der Waals surface area contributed by atoms with Gasteiger partial charge >= 0.3 is 0 Å². The first-order valence-corrected chi connectivity index (χ1v) is 6.09. The highest BCUT2D eigenvalue weighted by Gasteiger charge is 2.16. The van der Waals surface area contributed by atoms with E-state index in [1.165, 1.54) is 0 Å². The second kappa shape index (κ2) is 4.33. The molecule has 18 heavy (non-hydrogen) atoms. The molecule has 0 saturated heterocycles. The third-order valence-electron chi connectivity index (χ3n) is 3.15. The Labute approximate surface area is 105 Å². The van der Waals surface area contributed by atoms with Crippen LogP contribution in [0.5, 0.6) is 11.5 Å². The fraction of sp³-hybridized carbons (Fsp3) is 0.385. The van der Waals surface area contributed by atoms with E-state index >= 15 is 0 Å². The lowest BCUT2D eigenvalue weighted by Crippen LogP contribution is -2.14. The molecule has 0 spiro atoms. The molecule has 94 valence electrons. The van der Waals surface area contributed by atoms with Crippen LogP contribution in [0.2, 0.25) is 0 Å². The van der Waals surface area contributed by atoms with Crippen molar-refractivity contribution in [2.24, 2.45) is 0 Å². The summed E-state index contributed by atoms with van der Waals surface area (Å²) in [6, 6.07) is 4.21. The molecule has 1 N–H and O–H groups in total. The van der Waals surface area contributed by atoms with E-state index < -0.39 is 0 Å². The van der Waals surface area contributed by atoms with E-state index in [2.05, 4.69) is 29.4 Å². The predicted octanol–water partition coefficient (Wildman–Crippen LogP) is 2.57. The zero-order valence-electron chi connectivity index (χ0n) is 10.4. The van der Waals surface area contributed by atoms with Crippen LogP contribution >= 0.6 is 0 Å². The number of aromatic nitrogens is 2. The van der Waals surface area contributed by atoms with E-state index in [1.807, 2.05) is 12.1 Å². The molecular formula is C13H15N3O2. The Bertz CT molecular complexity index is 586. The van der Waals surface area contributed by atoms with Crippen molar-refractivity contribution in [3.05, 3.63) is 18.3 Å². The van der Waals surface area contributed by atoms with Gasteiger partial charge in [-0.3, -0.25) is 0 Å². The van der Waals surface area contributed by atoms with Crippen molar-refractivity contribution in [3.63, 3.8) is 0 Å². The van der Waals surface area contributed by atoms with Crippen LogP contribution in [0.15, 0.2) is 18.3 Å². The zero-order valence-corrected chi connectivity index (χ0v) is 10.4. The maximum Gasteiger partial charge on any atom is 0.231 e. The number of benzene rings is 1. The van der Waals surface area contributed by atoms with Crippen LogP contribution < -0.4 is 14.8 Å². The lowest BCUT2D eigenvalue weighted by Gasteiger charge is -2.14. The molecule has 1 aromatic carbocycles. The van der Waals surface area contributed by atoms with Gasteiger partial charge in [0, 0.05) is 17.5 Å². The van der Waals surface area contributed by atoms with Crippen LogP contribution in [0.1, 0.15) is 20.3 Å². The summed E-state index contributed by atoms with van der Waals surface area (Å²) in [6.07, 6.45) is 2.80. The Morgan fingerprint density at radius 1 is 1.33 bits per heavy atom. The summed E-state index contributed by atoms with van der Waals surface area (Å²) in [4.78, 5) is 0. The largest absolute Gasteiger partial charge is 0.454 e. The minimum absolute atomic E-state index is 0.271. The molecule has 1 aliphatic rings. The third kappa shape index (κ3) is 1.81. The molecule has 0 bridgehead atoms. The fourth-order valence-corrected chi connectivity index (χ4v) is 1.93. The fourth-order valence-electron chi connectivity index (χ4n) is 1.93. The number of ether oxygens (including phenoxy) is 2. The molecule has 1 aliphatic heterocycles. The quantitative estimate of drug-likeness (QED) is 0.900. The van der Waals surface area contributed by atoms with E-state index in [4.69, 9.17) is 9.47 Å². The number of fused-ring (bicyclic) bond motifs is 2. The average molecular weight is 245 g/mol. The molecule has 0 aliphatic carbocycles. The molecule has 5 heteroatoms. The summed E-state index contributed by atoms with van der Waals surface area (Å²) in [5.41, 5.74) is 1.79. The average Bonchev–Trinajstić information content (AvgIpc) is 2.83. The molecule has 0 fully saturated rings. The number of hydrogen-bond acceptors (Lipinski definition) is 5. The second-order valence-electron chi connectivity index (χ2n) is 4.43. The van der Waals surface area contributed by atoms with E-state index in [0.29, 0.717) is 6.04 Å². The first-order chi connectivity index (χ1) is 8.78. The van der Waals surface area contributed by atoms with Crippen LogP contribution in [-0.2, 0) is 0 Å². The van der Waals surface area contributed by atoms with Crippen molar-refractivity contribution in [2.75, 3.05) is 12.1 Å². The maximum absolute atomic E-state index is 5.39. The highest BCUT2D eigenvalue weighted by molar-refractivity contribution is 5.93. The minimum Gasteiger partial charge on any atom is -0.454 e. The van der Waals surface area contributed by atoms with Crippen molar-refractivity contribution in [1.82, 2.24) is 10.2 Å². The molecule has 0 amide bonds. The van der Waals surface area contributed by atoms with Gasteiger partial charge in [-0.2, -0.15) is 10.2 Å². The first-order valence-electron chi connectivity index (χ1n) is 6.09. The Kier molecular flexibility index (Phi) is 2.66. The molecule has 1 unspecified atom stereocenters. The van der Waals surface area contributed by atoms with Crippen molar-refractivity contribution in [3.8, 4) is 11.5 Å². The molecule has 0 saturated carbocycles. The number of anilines is 1. The molecule has 0 radical (unpaired) electrons. The normalized spacial score (nSPS) is 14.8. The van der Waals surface area contributed by atoms with Crippen LogP contribution in [0, 0.1) is 0 Å². The monoisotopic (exact) mass is 245 g/mol. The van der Waals surface area contributed by atoms with Crippen LogP contribution in [-0.4, -0.2) is 23.0 Å². The molecular weight excluding hydrogens is 230 g/mol. The van der Waals surface area contributed by atoms with E-state index in [1.54, 1.807) is 6.20 Å². The predicted molar refractivity (Wildman–Crippen MR) is 69.0 cm³/mol. The lowest BCUT2D eigenvalue weighted by molar-refractivity contribution is 0.174. The van der Waals surface area contributed by atoms with Crippen molar-refractivity contribution < 1.29 is 9.47 Å². The smallest absolute Gasteiger partial charge is 0.231 e. The van der Waals surface area contributed by atoms with E-state index in [9.17, 15) is 0 Å². The molecule has 3 rings (SSSR count). The Hall–Kier alpha value is -2.04. The topological polar surface area (TPSA) is 56.3 Å². The standard InChI is InChI=1S/C13H15N3O2/c1-3-8(2)15-11-6-14-16-10-5-13-12(4-9(10)11)17-7-18-13/h4-6,8H,3,7H2,1-2H3,(H,15,16). The Morgan fingerprint density at radius 3 is 2.89 bits per heavy atom. The summed E-state index contributed by atoms with van der Waals surface area (Å²) in [6.45, 7) is 4.55.